The van der Waals surface area contributed by atoms with Crippen LogP contribution in [-0.2, 0) is 4.79 Å². The summed E-state index contributed by atoms with van der Waals surface area (Å²) in [5.74, 6) is 0.357. The largest absolute Gasteiger partial charge is 0.321 e. The predicted octanol–water partition coefficient (Wildman–Crippen LogP) is 0.857. The van der Waals surface area contributed by atoms with E-state index < -0.39 is 6.04 Å². The number of rotatable bonds is 3. The Morgan fingerprint density at radius 3 is 2.00 bits per heavy atom. The first-order chi connectivity index (χ1) is 4.46. The molecule has 0 heterocycles. The first-order valence-corrected chi connectivity index (χ1v) is 3.92. The number of hydrogen-bond acceptors (Lipinski definition) is 3. The summed E-state index contributed by atoms with van der Waals surface area (Å²) in [6, 6.07) is -0.414. The zero-order valence-corrected chi connectivity index (χ0v) is 7.56. The topological polar surface area (TPSA) is 43.1 Å². The lowest BCUT2D eigenvalue weighted by molar-refractivity contribution is -0.118. The molecule has 0 bridgehead atoms. The number of ketones is 1. The summed E-state index contributed by atoms with van der Waals surface area (Å²) in [7, 11) is 0. The number of Topliss-reactive ketones (excluding diaryl/α,β-unsaturated/α-hetero) is 1. The van der Waals surface area contributed by atoms with Crippen molar-refractivity contribution in [3.8, 4) is 0 Å². The fourth-order valence-corrected chi connectivity index (χ4v) is 0.865. The van der Waals surface area contributed by atoms with Gasteiger partial charge < -0.3 is 5.73 Å². The maximum Gasteiger partial charge on any atom is 0.147 e. The highest BCUT2D eigenvalue weighted by molar-refractivity contribution is 7.81. The van der Waals surface area contributed by atoms with Crippen LogP contribution in [0.2, 0.25) is 0 Å². The van der Waals surface area contributed by atoms with Crippen LogP contribution in [-0.4, -0.2) is 17.1 Å². The van der Waals surface area contributed by atoms with Crippen LogP contribution >= 0.6 is 12.6 Å². The third kappa shape index (κ3) is 2.71. The van der Waals surface area contributed by atoms with Crippen molar-refractivity contribution >= 4 is 18.4 Å². The first kappa shape index (κ1) is 9.98. The molecule has 2 N–H and O–H groups in total. The Morgan fingerprint density at radius 1 is 1.50 bits per heavy atom. The van der Waals surface area contributed by atoms with E-state index in [2.05, 4.69) is 12.6 Å². The van der Waals surface area contributed by atoms with Gasteiger partial charge in [0.2, 0.25) is 0 Å². The molecule has 10 heavy (non-hydrogen) atoms. The van der Waals surface area contributed by atoms with Gasteiger partial charge >= 0.3 is 0 Å². The molecule has 0 rings (SSSR count). The number of hydrogen-bond donors (Lipinski definition) is 2. The van der Waals surface area contributed by atoms with Crippen molar-refractivity contribution in [2.45, 2.75) is 32.1 Å². The van der Waals surface area contributed by atoms with Gasteiger partial charge in [-0.3, -0.25) is 4.79 Å². The first-order valence-electron chi connectivity index (χ1n) is 3.41. The zero-order chi connectivity index (χ0) is 8.31. The summed E-state index contributed by atoms with van der Waals surface area (Å²) in [5, 5.41) is -0.0162. The van der Waals surface area contributed by atoms with Gasteiger partial charge in [-0.05, 0) is 12.8 Å². The second kappa shape index (κ2) is 3.98. The molecule has 0 aliphatic carbocycles. The van der Waals surface area contributed by atoms with Gasteiger partial charge in [-0.25, -0.2) is 0 Å². The third-order valence-corrected chi connectivity index (χ3v) is 2.44. The van der Waals surface area contributed by atoms with E-state index in [1.165, 1.54) is 6.92 Å². The van der Waals surface area contributed by atoms with Crippen molar-refractivity contribution < 1.29 is 4.79 Å². The van der Waals surface area contributed by atoms with E-state index in [9.17, 15) is 4.79 Å². The summed E-state index contributed by atoms with van der Waals surface area (Å²) in [6.07, 6.45) is 0. The standard InChI is InChI=1S/C7H15NOS/c1-4(2)7(10)6(8)5(3)9/h4,6-7,10H,8H2,1-3H3. The summed E-state index contributed by atoms with van der Waals surface area (Å²) in [4.78, 5) is 10.7. The molecule has 2 unspecified atom stereocenters. The molecular formula is C7H15NOS. The Bertz CT molecular complexity index is 125. The van der Waals surface area contributed by atoms with E-state index in [1.807, 2.05) is 13.8 Å². The summed E-state index contributed by atoms with van der Waals surface area (Å²) >= 11 is 4.21. The van der Waals surface area contributed by atoms with Crippen molar-refractivity contribution in [1.29, 1.82) is 0 Å². The Balaban J connectivity index is 3.94. The van der Waals surface area contributed by atoms with Gasteiger partial charge in [0.05, 0.1) is 6.04 Å². The molecule has 0 aromatic rings. The normalized spacial score (nSPS) is 17.0. The highest BCUT2D eigenvalue weighted by Crippen LogP contribution is 2.12. The number of thiol groups is 1. The molecule has 0 amide bonds. The van der Waals surface area contributed by atoms with Gasteiger partial charge in [0.15, 0.2) is 0 Å². The third-order valence-electron chi connectivity index (χ3n) is 1.52. The Labute approximate surface area is 67.6 Å². The molecule has 0 aliphatic rings. The minimum Gasteiger partial charge on any atom is -0.321 e. The second-order valence-corrected chi connectivity index (χ2v) is 3.47. The Hall–Kier alpha value is -0.0200. The lowest BCUT2D eigenvalue weighted by Gasteiger charge is -2.19. The molecule has 2 nitrogen and oxygen atoms in total. The minimum absolute atomic E-state index is 0.00806. The van der Waals surface area contributed by atoms with Crippen molar-refractivity contribution in [3.05, 3.63) is 0 Å². The van der Waals surface area contributed by atoms with Gasteiger partial charge in [0, 0.05) is 5.25 Å². The maximum absolute atomic E-state index is 10.7. The quantitative estimate of drug-likeness (QED) is 0.603. The highest BCUT2D eigenvalue weighted by atomic mass is 32.1. The van der Waals surface area contributed by atoms with Crippen molar-refractivity contribution in [1.82, 2.24) is 0 Å². The average Bonchev–Trinajstić information content (AvgIpc) is 1.84. The monoisotopic (exact) mass is 161 g/mol. The molecule has 0 radical (unpaired) electrons. The van der Waals surface area contributed by atoms with Crippen LogP contribution in [0, 0.1) is 5.92 Å². The summed E-state index contributed by atoms with van der Waals surface area (Å²) in [5.41, 5.74) is 5.54. The van der Waals surface area contributed by atoms with Crippen molar-refractivity contribution in [2.24, 2.45) is 11.7 Å². The smallest absolute Gasteiger partial charge is 0.147 e. The molecule has 0 saturated heterocycles. The van der Waals surface area contributed by atoms with E-state index in [0.717, 1.165) is 0 Å². The van der Waals surface area contributed by atoms with E-state index >= 15 is 0 Å². The SMILES string of the molecule is CC(=O)C(N)C(S)C(C)C. The fraction of sp³-hybridized carbons (Fsp3) is 0.857. The van der Waals surface area contributed by atoms with E-state index in [1.54, 1.807) is 0 Å². The van der Waals surface area contributed by atoms with Gasteiger partial charge in [-0.15, -0.1) is 0 Å². The summed E-state index contributed by atoms with van der Waals surface area (Å²) in [6.45, 7) is 5.50. The molecule has 0 spiro atoms. The van der Waals surface area contributed by atoms with Crippen LogP contribution in [0.4, 0.5) is 0 Å². The molecule has 0 aromatic carbocycles. The van der Waals surface area contributed by atoms with E-state index in [0.29, 0.717) is 5.92 Å². The molecule has 0 saturated carbocycles. The van der Waals surface area contributed by atoms with Gasteiger partial charge in [0.25, 0.3) is 0 Å². The van der Waals surface area contributed by atoms with Gasteiger partial charge in [-0.1, -0.05) is 13.8 Å². The van der Waals surface area contributed by atoms with Crippen LogP contribution in [0.25, 0.3) is 0 Å². The maximum atomic E-state index is 10.7. The number of carbonyl (C=O) groups excluding carboxylic acids is 1. The highest BCUT2D eigenvalue weighted by Gasteiger charge is 2.20. The van der Waals surface area contributed by atoms with Crippen LogP contribution in [0.1, 0.15) is 20.8 Å². The van der Waals surface area contributed by atoms with Crippen LogP contribution in [0.3, 0.4) is 0 Å². The molecule has 3 heteroatoms. The lowest BCUT2D eigenvalue weighted by atomic mass is 10.0. The molecule has 60 valence electrons. The predicted molar refractivity (Wildman–Crippen MR) is 46.3 cm³/mol. The second-order valence-electron chi connectivity index (χ2n) is 2.87. The van der Waals surface area contributed by atoms with Gasteiger partial charge in [0.1, 0.15) is 5.78 Å². The minimum atomic E-state index is -0.414. The van der Waals surface area contributed by atoms with E-state index in [4.69, 9.17) is 5.73 Å². The van der Waals surface area contributed by atoms with Crippen LogP contribution in [0.15, 0.2) is 0 Å². The Morgan fingerprint density at radius 2 is 1.90 bits per heavy atom. The zero-order valence-electron chi connectivity index (χ0n) is 6.66. The number of nitrogens with two attached hydrogens (primary N) is 1. The Kier molecular flexibility index (Phi) is 3.98. The van der Waals surface area contributed by atoms with Crippen molar-refractivity contribution in [2.75, 3.05) is 0 Å². The van der Waals surface area contributed by atoms with E-state index in [-0.39, 0.29) is 11.0 Å². The van der Waals surface area contributed by atoms with Gasteiger partial charge in [-0.2, -0.15) is 12.6 Å². The molecule has 2 atom stereocenters. The number of carbonyl (C=O) groups is 1. The molecular weight excluding hydrogens is 146 g/mol. The summed E-state index contributed by atoms with van der Waals surface area (Å²) < 4.78 is 0. The van der Waals surface area contributed by atoms with Crippen LogP contribution in [0.5, 0.6) is 0 Å². The molecule has 0 fully saturated rings. The molecule has 0 aliphatic heterocycles. The lowest BCUT2D eigenvalue weighted by Crippen LogP contribution is -2.40. The van der Waals surface area contributed by atoms with Crippen LogP contribution < -0.4 is 5.73 Å². The van der Waals surface area contributed by atoms with Crippen molar-refractivity contribution in [3.63, 3.8) is 0 Å². The fourth-order valence-electron chi connectivity index (χ4n) is 0.655. The average molecular weight is 161 g/mol. The molecule has 0 aromatic heterocycles.